The second-order valence-electron chi connectivity index (χ2n) is 14.0. The maximum Gasteiger partial charge on any atom is 0.335 e. The van der Waals surface area contributed by atoms with Gasteiger partial charge in [-0.2, -0.15) is 0 Å². The third-order valence-electron chi connectivity index (χ3n) is 10.6. The number of hydrogen-bond donors (Lipinski definition) is 10. The summed E-state index contributed by atoms with van der Waals surface area (Å²) in [4.78, 5) is 41.7. The number of aliphatic imine (C=N–C) groups is 1. The summed E-state index contributed by atoms with van der Waals surface area (Å²) >= 11 is 0. The number of carbonyl (C=O) groups excluding carboxylic acids is 1. The minimum atomic E-state index is -2.76. The Hall–Kier alpha value is -5.98. The van der Waals surface area contributed by atoms with E-state index in [1.165, 1.54) is 18.2 Å². The molecule has 17 heteroatoms. The summed E-state index contributed by atoms with van der Waals surface area (Å²) in [5.41, 5.74) is 7.75. The molecule has 3 aromatic carbocycles. The zero-order valence-electron chi connectivity index (χ0n) is 28.8. The summed E-state index contributed by atoms with van der Waals surface area (Å²) in [6.45, 7) is -0.902. The van der Waals surface area contributed by atoms with Crippen LogP contribution >= 0.6 is 0 Å². The van der Waals surface area contributed by atoms with Crippen LogP contribution in [0.15, 0.2) is 68.8 Å². The van der Waals surface area contributed by atoms with Gasteiger partial charge in [0, 0.05) is 23.6 Å². The Morgan fingerprint density at radius 2 is 1.75 bits per heavy atom. The molecule has 3 aliphatic rings. The number of aliphatic carboxylic acids is 1. The summed E-state index contributed by atoms with van der Waals surface area (Å²) in [6.07, 6.45) is -5.10. The number of aromatic hydroxyl groups is 3. The first-order chi connectivity index (χ1) is 26.1. The number of carboxylic acid groups (broad SMARTS) is 1. The predicted octanol–water partition coefficient (Wildman–Crippen LogP) is 0.859. The number of phenols is 3. The van der Waals surface area contributed by atoms with Crippen molar-refractivity contribution in [2.75, 3.05) is 6.54 Å². The lowest BCUT2D eigenvalue weighted by Gasteiger charge is -2.46. The van der Waals surface area contributed by atoms with Crippen molar-refractivity contribution in [2.24, 2.45) is 22.4 Å². The van der Waals surface area contributed by atoms with E-state index < -0.39 is 88.3 Å². The number of fused-ring (bicyclic) bond motifs is 4. The number of nitrogens with zero attached hydrogens (tertiary/aromatic N) is 1. The number of carbonyl (C=O) groups is 2. The zero-order valence-corrected chi connectivity index (χ0v) is 28.8. The van der Waals surface area contributed by atoms with E-state index in [-0.39, 0.29) is 35.0 Å². The summed E-state index contributed by atoms with van der Waals surface area (Å²) in [7, 11) is 0. The average molecular weight is 760 g/mol. The third kappa shape index (κ3) is 6.21. The van der Waals surface area contributed by atoms with Gasteiger partial charge < -0.3 is 71.0 Å². The third-order valence-corrected chi connectivity index (χ3v) is 10.6. The number of nitrogens with two attached hydrogens (primary N) is 2. The number of rotatable bonds is 8. The highest BCUT2D eigenvalue weighted by atomic mass is 16.7. The fraction of sp³-hybridized carbons (Fsp3) is 0.316. The number of aliphatic hydroxyl groups is 4. The van der Waals surface area contributed by atoms with Crippen LogP contribution in [0.1, 0.15) is 41.9 Å². The number of ether oxygens (including phenoxy) is 2. The molecule has 2 fully saturated rings. The number of hydrogen-bond acceptors (Lipinski definition) is 14. The van der Waals surface area contributed by atoms with Gasteiger partial charge in [-0.3, -0.25) is 9.79 Å². The Morgan fingerprint density at radius 1 is 1.00 bits per heavy atom. The average Bonchev–Trinajstić information content (AvgIpc) is 3.15. The summed E-state index contributed by atoms with van der Waals surface area (Å²) in [6, 6.07) is 13.8. The van der Waals surface area contributed by atoms with Crippen molar-refractivity contribution in [3.8, 4) is 34.3 Å². The molecule has 0 amide bonds. The van der Waals surface area contributed by atoms with E-state index in [2.05, 4.69) is 4.99 Å². The highest BCUT2D eigenvalue weighted by molar-refractivity contribution is 5.95. The minimum absolute atomic E-state index is 0.111. The molecule has 1 saturated heterocycles. The minimum Gasteiger partial charge on any atom is -0.508 e. The molecule has 1 saturated carbocycles. The van der Waals surface area contributed by atoms with Gasteiger partial charge in [0.15, 0.2) is 35.3 Å². The Kier molecular flexibility index (Phi) is 9.30. The Bertz CT molecular complexity index is 2340. The highest BCUT2D eigenvalue weighted by Crippen LogP contribution is 2.55. The van der Waals surface area contributed by atoms with Gasteiger partial charge in [0.1, 0.15) is 45.9 Å². The summed E-state index contributed by atoms with van der Waals surface area (Å²) in [5, 5.41) is 86.3. The van der Waals surface area contributed by atoms with Gasteiger partial charge in [-0.25, -0.2) is 4.79 Å². The normalized spacial score (nSPS) is 28.7. The molecule has 0 spiro atoms. The second kappa shape index (κ2) is 13.7. The first-order valence-electron chi connectivity index (χ1n) is 17.1. The molecule has 2 heterocycles. The molecule has 17 nitrogen and oxygen atoms in total. The van der Waals surface area contributed by atoms with E-state index >= 15 is 0 Å². The Labute approximate surface area is 310 Å². The quantitative estimate of drug-likeness (QED) is 0.0515. The molecular formula is C38H37N3O14. The molecule has 1 aromatic heterocycles. The molecule has 1 aliphatic heterocycles. The largest absolute Gasteiger partial charge is 0.508 e. The number of aldehydes is 1. The van der Waals surface area contributed by atoms with Gasteiger partial charge >= 0.3 is 5.97 Å². The first-order valence-corrected chi connectivity index (χ1v) is 17.1. The fourth-order valence-corrected chi connectivity index (χ4v) is 7.97. The van der Waals surface area contributed by atoms with Gasteiger partial charge in [-0.1, -0.05) is 30.3 Å². The van der Waals surface area contributed by atoms with Crippen molar-refractivity contribution in [1.82, 2.24) is 0 Å². The number of aliphatic hydroxyl groups excluding tert-OH is 2. The molecule has 0 radical (unpaired) electrons. The monoisotopic (exact) mass is 759 g/mol. The van der Waals surface area contributed by atoms with Crippen LogP contribution in [-0.4, -0.2) is 101 Å². The standard InChI is InChI=1S/C38H37N3O14/c39-36(40)41-14-38(52)32(47)31(34(49)50)55-35(33(38)48)54-26-13-25-27(30(46)29(26)45)23(44)12-24(53-25)19-8-7-17(43)11-21(19)22-10-16-4-1-2-5-18(16)20-6-3-9-37(51,15-42)28(20)22/h1-2,4-5,7-8,10-13,15,20,28,31-33,35,43,45-48,51-52H,3,6,9,14H2,(H,49,50)(H4,39,40,41). The van der Waals surface area contributed by atoms with Gasteiger partial charge in [0.25, 0.3) is 0 Å². The molecule has 4 aromatic rings. The lowest BCUT2D eigenvalue weighted by atomic mass is 9.60. The molecule has 2 aliphatic carbocycles. The molecule has 8 unspecified atom stereocenters. The Balaban J connectivity index is 1.35. The van der Waals surface area contributed by atoms with Crippen molar-refractivity contribution in [3.63, 3.8) is 0 Å². The van der Waals surface area contributed by atoms with E-state index in [1.54, 1.807) is 0 Å². The van der Waals surface area contributed by atoms with Crippen molar-refractivity contribution in [3.05, 3.63) is 81.5 Å². The zero-order chi connectivity index (χ0) is 39.6. The lowest BCUT2D eigenvalue weighted by Crippen LogP contribution is -2.70. The molecular weight excluding hydrogens is 722 g/mol. The van der Waals surface area contributed by atoms with Crippen molar-refractivity contribution >= 4 is 40.8 Å². The lowest BCUT2D eigenvalue weighted by molar-refractivity contribution is -0.303. The summed E-state index contributed by atoms with van der Waals surface area (Å²) in [5.74, 6) is -6.42. The van der Waals surface area contributed by atoms with Gasteiger partial charge in [0.2, 0.25) is 12.0 Å². The van der Waals surface area contributed by atoms with E-state index in [0.29, 0.717) is 30.3 Å². The summed E-state index contributed by atoms with van der Waals surface area (Å²) < 4.78 is 16.9. The van der Waals surface area contributed by atoms with Gasteiger partial charge in [0.05, 0.1) is 6.54 Å². The van der Waals surface area contributed by atoms with Crippen LogP contribution in [0.3, 0.4) is 0 Å². The number of benzene rings is 3. The van der Waals surface area contributed by atoms with Gasteiger partial charge in [-0.15, -0.1) is 0 Å². The highest BCUT2D eigenvalue weighted by Gasteiger charge is 2.58. The molecule has 55 heavy (non-hydrogen) atoms. The first kappa shape index (κ1) is 37.3. The van der Waals surface area contributed by atoms with Crippen LogP contribution in [0.2, 0.25) is 0 Å². The predicted molar refractivity (Wildman–Crippen MR) is 193 cm³/mol. The van der Waals surface area contributed by atoms with Crippen LogP contribution in [-0.2, 0) is 14.3 Å². The van der Waals surface area contributed by atoms with Crippen LogP contribution < -0.4 is 21.6 Å². The molecule has 288 valence electrons. The number of guanidine groups is 1. The van der Waals surface area contributed by atoms with E-state index in [9.17, 15) is 55.2 Å². The van der Waals surface area contributed by atoms with Crippen LogP contribution in [0.25, 0.3) is 33.9 Å². The number of carboxylic acids is 1. The second-order valence-corrected chi connectivity index (χ2v) is 14.0. The van der Waals surface area contributed by atoms with Crippen molar-refractivity contribution in [1.29, 1.82) is 0 Å². The fourth-order valence-electron chi connectivity index (χ4n) is 7.97. The molecule has 0 bridgehead atoms. The van der Waals surface area contributed by atoms with Gasteiger partial charge in [-0.05, 0) is 65.6 Å². The molecule has 12 N–H and O–H groups in total. The van der Waals surface area contributed by atoms with Crippen LogP contribution in [0.4, 0.5) is 0 Å². The van der Waals surface area contributed by atoms with E-state index in [0.717, 1.165) is 23.3 Å². The smallest absolute Gasteiger partial charge is 0.335 e. The maximum atomic E-state index is 13.6. The Morgan fingerprint density at radius 3 is 2.45 bits per heavy atom. The number of phenolic OH excluding ortho intramolecular Hbond substituents is 3. The van der Waals surface area contributed by atoms with Crippen LogP contribution in [0, 0.1) is 5.92 Å². The SMILES string of the molecule is NC(N)=NCC1(O)C(O)C(Oc2cc3oc(-c4ccc(O)cc4C4=Cc5ccccc5C5CCCC(O)(C=O)C45)cc(=O)c3c(O)c2O)OC(C(=O)O)C1O. The van der Waals surface area contributed by atoms with E-state index in [1.807, 2.05) is 30.3 Å². The topological polar surface area (TPSA) is 309 Å². The molecule has 7 rings (SSSR count). The van der Waals surface area contributed by atoms with Crippen molar-refractivity contribution in [2.45, 2.75) is 61.0 Å². The van der Waals surface area contributed by atoms with E-state index in [4.69, 9.17) is 25.4 Å². The molecule has 8 atom stereocenters. The van der Waals surface area contributed by atoms with Crippen molar-refractivity contribution < 1.29 is 64.3 Å². The maximum absolute atomic E-state index is 13.6. The van der Waals surface area contributed by atoms with Crippen LogP contribution in [0.5, 0.6) is 23.0 Å².